The van der Waals surface area contributed by atoms with Crippen molar-refractivity contribution in [2.75, 3.05) is 26.2 Å². The monoisotopic (exact) mass is 446 g/mol. The Morgan fingerprint density at radius 3 is 2.45 bits per heavy atom. The third-order valence-corrected chi connectivity index (χ3v) is 6.64. The second-order valence-electron chi connectivity index (χ2n) is 7.10. The zero-order chi connectivity index (χ0) is 22.0. The van der Waals surface area contributed by atoms with E-state index in [1.54, 1.807) is 11.0 Å². The molecule has 2 aromatic carbocycles. The minimum absolute atomic E-state index is 0.176. The van der Waals surface area contributed by atoms with Gasteiger partial charge in [-0.25, -0.2) is 22.2 Å². The van der Waals surface area contributed by atoms with E-state index in [1.807, 2.05) is 30.3 Å². The summed E-state index contributed by atoms with van der Waals surface area (Å²) in [6, 6.07) is 13.7. The Balaban J connectivity index is 1.41. The summed E-state index contributed by atoms with van der Waals surface area (Å²) >= 11 is 0. The highest BCUT2D eigenvalue weighted by atomic mass is 32.2. The molecule has 162 valence electrons. The Morgan fingerprint density at radius 2 is 1.77 bits per heavy atom. The molecule has 4 rings (SSSR count). The predicted octanol–water partition coefficient (Wildman–Crippen LogP) is 3.26. The molecular formula is C21H20F2N4O3S. The van der Waals surface area contributed by atoms with Gasteiger partial charge in [-0.1, -0.05) is 30.3 Å². The van der Waals surface area contributed by atoms with Crippen LogP contribution in [0.3, 0.4) is 0 Å². The minimum atomic E-state index is -3.60. The first kappa shape index (κ1) is 21.1. The Labute approximate surface area is 178 Å². The van der Waals surface area contributed by atoms with Crippen LogP contribution in [0.2, 0.25) is 0 Å². The fourth-order valence-corrected chi connectivity index (χ4v) is 4.58. The molecular weight excluding hydrogens is 426 g/mol. The highest BCUT2D eigenvalue weighted by molar-refractivity contribution is 7.92. The van der Waals surface area contributed by atoms with Crippen LogP contribution in [0.15, 0.2) is 53.9 Å². The van der Waals surface area contributed by atoms with Crippen LogP contribution < -0.4 is 0 Å². The molecule has 0 unspecified atom stereocenters. The van der Waals surface area contributed by atoms with E-state index >= 15 is 0 Å². The van der Waals surface area contributed by atoms with Crippen LogP contribution in [0, 0.1) is 0 Å². The van der Waals surface area contributed by atoms with Crippen LogP contribution in [-0.4, -0.2) is 59.7 Å². The Hall–Kier alpha value is -3.11. The maximum Gasteiger partial charge on any atom is 0.295 e. The van der Waals surface area contributed by atoms with Crippen LogP contribution in [0.5, 0.6) is 0 Å². The molecule has 1 aromatic heterocycles. The lowest BCUT2D eigenvalue weighted by atomic mass is 10.1. The number of fused-ring (bicyclic) bond motifs is 1. The number of sulfonamides is 1. The molecule has 1 aliphatic rings. The highest BCUT2D eigenvalue weighted by Crippen LogP contribution is 2.22. The lowest BCUT2D eigenvalue weighted by Crippen LogP contribution is -2.50. The quantitative estimate of drug-likeness (QED) is 0.652. The molecule has 10 heteroatoms. The third kappa shape index (κ3) is 4.64. The molecule has 1 fully saturated rings. The summed E-state index contributed by atoms with van der Waals surface area (Å²) in [5.74, 6) is -0.728. The van der Waals surface area contributed by atoms with Crippen LogP contribution in [0.1, 0.15) is 28.2 Å². The van der Waals surface area contributed by atoms with Gasteiger partial charge in [0.2, 0.25) is 10.0 Å². The van der Waals surface area contributed by atoms with Gasteiger partial charge >= 0.3 is 0 Å². The summed E-state index contributed by atoms with van der Waals surface area (Å²) in [7, 11) is -3.60. The number of nitrogens with zero attached hydrogens (tertiary/aromatic N) is 3. The largest absolute Gasteiger partial charge is 0.337 e. The molecule has 0 atom stereocenters. The number of hydrogen-bond donors (Lipinski definition) is 1. The van der Waals surface area contributed by atoms with Gasteiger partial charge in [-0.15, -0.1) is 0 Å². The topological polar surface area (TPSA) is 86.4 Å². The molecule has 7 nitrogen and oxygen atoms in total. The zero-order valence-corrected chi connectivity index (χ0v) is 17.2. The van der Waals surface area contributed by atoms with Gasteiger partial charge in [0.25, 0.3) is 12.3 Å². The minimum Gasteiger partial charge on any atom is -0.337 e. The molecule has 2 heterocycles. The highest BCUT2D eigenvalue weighted by Gasteiger charge is 2.28. The number of hydrogen-bond acceptors (Lipinski definition) is 4. The Bertz CT molecular complexity index is 1220. The van der Waals surface area contributed by atoms with Crippen molar-refractivity contribution in [3.8, 4) is 0 Å². The molecule has 0 radical (unpaired) electrons. The molecule has 31 heavy (non-hydrogen) atoms. The maximum atomic E-state index is 12.8. The van der Waals surface area contributed by atoms with Gasteiger partial charge in [-0.3, -0.25) is 4.79 Å². The van der Waals surface area contributed by atoms with Crippen molar-refractivity contribution < 1.29 is 22.0 Å². The molecule has 3 aromatic rings. The summed E-state index contributed by atoms with van der Waals surface area (Å²) in [4.78, 5) is 20.7. The zero-order valence-electron chi connectivity index (χ0n) is 16.4. The van der Waals surface area contributed by atoms with E-state index in [0.717, 1.165) is 5.56 Å². The summed E-state index contributed by atoms with van der Waals surface area (Å²) in [6.07, 6.45) is -1.18. The van der Waals surface area contributed by atoms with Crippen molar-refractivity contribution in [1.82, 2.24) is 19.2 Å². The smallest absolute Gasteiger partial charge is 0.295 e. The van der Waals surface area contributed by atoms with Gasteiger partial charge < -0.3 is 9.88 Å². The van der Waals surface area contributed by atoms with Crippen molar-refractivity contribution in [3.05, 3.63) is 70.9 Å². The first-order valence-corrected chi connectivity index (χ1v) is 11.1. The summed E-state index contributed by atoms with van der Waals surface area (Å²) in [5.41, 5.74) is 1.82. The van der Waals surface area contributed by atoms with Crippen LogP contribution in [0.4, 0.5) is 8.78 Å². The molecule has 1 N–H and O–H groups in total. The van der Waals surface area contributed by atoms with E-state index in [1.165, 1.54) is 27.9 Å². The van der Waals surface area contributed by atoms with E-state index in [4.69, 9.17) is 0 Å². The van der Waals surface area contributed by atoms with Gasteiger partial charge in [-0.2, -0.15) is 4.31 Å². The number of imidazole rings is 1. The van der Waals surface area contributed by atoms with Gasteiger partial charge in [-0.05, 0) is 29.8 Å². The number of aromatic nitrogens is 2. The number of halogens is 2. The number of H-pyrrole nitrogens is 1. The van der Waals surface area contributed by atoms with Gasteiger partial charge in [0.05, 0.1) is 11.0 Å². The molecule has 1 saturated heterocycles. The van der Waals surface area contributed by atoms with Gasteiger partial charge in [0.15, 0.2) is 5.82 Å². The van der Waals surface area contributed by atoms with Crippen molar-refractivity contribution in [3.63, 3.8) is 0 Å². The first-order chi connectivity index (χ1) is 14.8. The van der Waals surface area contributed by atoms with E-state index in [9.17, 15) is 22.0 Å². The van der Waals surface area contributed by atoms with Gasteiger partial charge in [0.1, 0.15) is 0 Å². The number of aromatic amines is 1. The second-order valence-corrected chi connectivity index (χ2v) is 8.92. The third-order valence-electron chi connectivity index (χ3n) is 5.07. The first-order valence-electron chi connectivity index (χ1n) is 9.64. The van der Waals surface area contributed by atoms with Crippen molar-refractivity contribution >= 4 is 33.0 Å². The average Bonchev–Trinajstić information content (AvgIpc) is 3.22. The number of rotatable bonds is 5. The Kier molecular flexibility index (Phi) is 5.84. The maximum absolute atomic E-state index is 12.8. The van der Waals surface area contributed by atoms with Gasteiger partial charge in [0, 0.05) is 37.2 Å². The summed E-state index contributed by atoms with van der Waals surface area (Å²) < 4.78 is 52.1. The molecule has 1 aliphatic heterocycles. The molecule has 0 bridgehead atoms. The molecule has 0 aliphatic carbocycles. The van der Waals surface area contributed by atoms with E-state index < -0.39 is 22.3 Å². The number of nitrogens with one attached hydrogen (secondary N) is 1. The van der Waals surface area contributed by atoms with Crippen LogP contribution in [0.25, 0.3) is 17.1 Å². The fraction of sp³-hybridized carbons (Fsp3) is 0.238. The SMILES string of the molecule is O=C(c1ccc2nc(C(F)F)[nH]c2c1)N1CCN(S(=O)(=O)/C=C/c2ccccc2)CC1. The summed E-state index contributed by atoms with van der Waals surface area (Å²) in [5, 5.41) is 1.17. The molecule has 1 amide bonds. The van der Waals surface area contributed by atoms with E-state index in [-0.39, 0.29) is 32.1 Å². The van der Waals surface area contributed by atoms with E-state index in [2.05, 4.69) is 9.97 Å². The second kappa shape index (κ2) is 8.56. The van der Waals surface area contributed by atoms with Crippen LogP contribution >= 0.6 is 0 Å². The fourth-order valence-electron chi connectivity index (χ4n) is 3.41. The number of alkyl halides is 2. The number of amides is 1. The number of carbonyl (C=O) groups excluding carboxylic acids is 1. The lowest BCUT2D eigenvalue weighted by molar-refractivity contribution is 0.0698. The predicted molar refractivity (Wildman–Crippen MR) is 113 cm³/mol. The average molecular weight is 446 g/mol. The lowest BCUT2D eigenvalue weighted by Gasteiger charge is -2.33. The number of piperazine rings is 1. The Morgan fingerprint density at radius 1 is 1.06 bits per heavy atom. The normalized spacial score (nSPS) is 15.9. The molecule has 0 saturated carbocycles. The van der Waals surface area contributed by atoms with Crippen LogP contribution in [-0.2, 0) is 10.0 Å². The number of benzene rings is 2. The number of carbonyl (C=O) groups is 1. The van der Waals surface area contributed by atoms with Crippen molar-refractivity contribution in [2.24, 2.45) is 0 Å². The van der Waals surface area contributed by atoms with Crippen molar-refractivity contribution in [2.45, 2.75) is 6.43 Å². The summed E-state index contributed by atoms with van der Waals surface area (Å²) in [6.45, 7) is 0.825. The van der Waals surface area contributed by atoms with E-state index in [0.29, 0.717) is 16.6 Å². The standard InChI is InChI=1S/C21H20F2N4O3S/c22-19(23)20-24-17-7-6-16(14-18(17)25-20)21(28)26-9-11-27(12-10-26)31(29,30)13-8-15-4-2-1-3-5-15/h1-8,13-14,19H,9-12H2,(H,24,25)/b13-8+. The van der Waals surface area contributed by atoms with Crippen molar-refractivity contribution in [1.29, 1.82) is 0 Å². The molecule has 0 spiro atoms.